The van der Waals surface area contributed by atoms with E-state index in [0.717, 1.165) is 4.31 Å². The molecule has 0 aliphatic carbocycles. The van der Waals surface area contributed by atoms with Gasteiger partial charge >= 0.3 is 10.2 Å². The predicted octanol–water partition coefficient (Wildman–Crippen LogP) is 0.685. The summed E-state index contributed by atoms with van der Waals surface area (Å²) >= 11 is 0. The number of pyridine rings is 1. The fourth-order valence-corrected chi connectivity index (χ4v) is 2.60. The first kappa shape index (κ1) is 13.7. The minimum atomic E-state index is -3.55. The molecule has 0 unspecified atom stereocenters. The van der Waals surface area contributed by atoms with Crippen molar-refractivity contribution < 1.29 is 8.42 Å². The Morgan fingerprint density at radius 2 is 1.94 bits per heavy atom. The van der Waals surface area contributed by atoms with Crippen molar-refractivity contribution in [2.45, 2.75) is 19.9 Å². The fourth-order valence-electron chi connectivity index (χ4n) is 1.27. The Balaban J connectivity index is 3.14. The van der Waals surface area contributed by atoms with Crippen LogP contribution in [0, 0.1) is 0 Å². The van der Waals surface area contributed by atoms with E-state index in [1.54, 1.807) is 19.9 Å². The predicted molar refractivity (Wildman–Crippen MR) is 68.9 cm³/mol. The van der Waals surface area contributed by atoms with Gasteiger partial charge in [-0.1, -0.05) is 0 Å². The summed E-state index contributed by atoms with van der Waals surface area (Å²) in [4.78, 5) is 3.83. The molecule has 0 saturated heterocycles. The van der Waals surface area contributed by atoms with E-state index < -0.39 is 10.2 Å². The van der Waals surface area contributed by atoms with Gasteiger partial charge in [0.25, 0.3) is 0 Å². The lowest BCUT2D eigenvalue weighted by Gasteiger charge is -2.28. The second-order valence-corrected chi connectivity index (χ2v) is 6.04. The van der Waals surface area contributed by atoms with Crippen LogP contribution in [0.5, 0.6) is 0 Å². The molecule has 1 rings (SSSR count). The van der Waals surface area contributed by atoms with Crippen molar-refractivity contribution in [1.29, 1.82) is 0 Å². The molecule has 7 heteroatoms. The summed E-state index contributed by atoms with van der Waals surface area (Å²) in [6.45, 7) is 3.61. The molecule has 0 aromatic carbocycles. The molecule has 0 amide bonds. The molecule has 0 spiro atoms. The van der Waals surface area contributed by atoms with Crippen molar-refractivity contribution >= 4 is 21.6 Å². The molecule has 1 heterocycles. The van der Waals surface area contributed by atoms with Gasteiger partial charge in [0.15, 0.2) is 0 Å². The molecule has 6 nitrogen and oxygen atoms in total. The molecule has 17 heavy (non-hydrogen) atoms. The normalized spacial score (nSPS) is 12.1. The van der Waals surface area contributed by atoms with E-state index in [4.69, 9.17) is 5.73 Å². The smallest absolute Gasteiger partial charge is 0.303 e. The maximum atomic E-state index is 12.2. The van der Waals surface area contributed by atoms with Crippen LogP contribution in [0.25, 0.3) is 0 Å². The lowest BCUT2D eigenvalue weighted by molar-refractivity contribution is 0.409. The molecule has 1 aromatic rings. The van der Waals surface area contributed by atoms with Crippen molar-refractivity contribution in [3.05, 3.63) is 18.5 Å². The molecule has 0 aliphatic rings. The zero-order valence-corrected chi connectivity index (χ0v) is 11.3. The van der Waals surface area contributed by atoms with Crippen LogP contribution < -0.4 is 10.0 Å². The molecule has 0 atom stereocenters. The van der Waals surface area contributed by atoms with E-state index in [0.29, 0.717) is 11.4 Å². The van der Waals surface area contributed by atoms with E-state index in [9.17, 15) is 8.42 Å². The van der Waals surface area contributed by atoms with Gasteiger partial charge < -0.3 is 5.73 Å². The van der Waals surface area contributed by atoms with Crippen LogP contribution in [0.1, 0.15) is 13.8 Å². The van der Waals surface area contributed by atoms with Crippen molar-refractivity contribution in [1.82, 2.24) is 9.29 Å². The van der Waals surface area contributed by atoms with Crippen LogP contribution in [0.15, 0.2) is 18.5 Å². The average Bonchev–Trinajstić information content (AvgIpc) is 2.27. The molecule has 1 aromatic heterocycles. The summed E-state index contributed by atoms with van der Waals surface area (Å²) in [7, 11) is -0.547. The third-order valence-corrected chi connectivity index (χ3v) is 4.64. The quantitative estimate of drug-likeness (QED) is 0.861. The van der Waals surface area contributed by atoms with Crippen molar-refractivity contribution in [2.75, 3.05) is 24.1 Å². The van der Waals surface area contributed by atoms with Crippen molar-refractivity contribution in [3.63, 3.8) is 0 Å². The largest absolute Gasteiger partial charge is 0.396 e. The minimum Gasteiger partial charge on any atom is -0.396 e. The van der Waals surface area contributed by atoms with E-state index in [1.165, 1.54) is 30.8 Å². The zero-order valence-electron chi connectivity index (χ0n) is 10.5. The van der Waals surface area contributed by atoms with Gasteiger partial charge in [0.1, 0.15) is 0 Å². The van der Waals surface area contributed by atoms with Gasteiger partial charge in [-0.2, -0.15) is 12.7 Å². The van der Waals surface area contributed by atoms with Gasteiger partial charge in [-0.25, -0.2) is 0 Å². The second-order valence-electron chi connectivity index (χ2n) is 4.02. The SMILES string of the molecule is CC(C)N(C)S(=O)(=O)N(C)c1ccncc1N. The van der Waals surface area contributed by atoms with Crippen LogP contribution in [-0.4, -0.2) is 37.8 Å². The third kappa shape index (κ3) is 2.67. The fraction of sp³-hybridized carbons (Fsp3) is 0.500. The summed E-state index contributed by atoms with van der Waals surface area (Å²) in [6, 6.07) is 1.45. The highest BCUT2D eigenvalue weighted by molar-refractivity contribution is 7.90. The van der Waals surface area contributed by atoms with E-state index in [2.05, 4.69) is 4.98 Å². The number of rotatable bonds is 4. The number of hydrogen-bond acceptors (Lipinski definition) is 4. The van der Waals surface area contributed by atoms with Crippen LogP contribution in [0.4, 0.5) is 11.4 Å². The molecule has 0 bridgehead atoms. The number of nitrogens with zero attached hydrogens (tertiary/aromatic N) is 3. The first-order valence-corrected chi connectivity index (χ1v) is 6.59. The minimum absolute atomic E-state index is 0.120. The number of nitrogens with two attached hydrogens (primary N) is 1. The van der Waals surface area contributed by atoms with E-state index >= 15 is 0 Å². The summed E-state index contributed by atoms with van der Waals surface area (Å²) in [6.07, 6.45) is 2.93. The van der Waals surface area contributed by atoms with Crippen LogP contribution in [-0.2, 0) is 10.2 Å². The molecule has 0 aliphatic heterocycles. The number of hydrogen-bond donors (Lipinski definition) is 1. The lowest BCUT2D eigenvalue weighted by Crippen LogP contribution is -2.43. The Hall–Kier alpha value is -1.34. The standard InChI is InChI=1S/C10H18N4O2S/c1-8(2)13(3)17(15,16)14(4)10-5-6-12-7-9(10)11/h5-8H,11H2,1-4H3. The Bertz CT molecular complexity index is 487. The van der Waals surface area contributed by atoms with Gasteiger partial charge in [0.2, 0.25) is 0 Å². The highest BCUT2D eigenvalue weighted by atomic mass is 32.2. The Morgan fingerprint density at radius 3 is 2.41 bits per heavy atom. The maximum absolute atomic E-state index is 12.2. The first-order chi connectivity index (χ1) is 7.78. The molecule has 0 saturated carbocycles. The molecule has 96 valence electrons. The Morgan fingerprint density at radius 1 is 1.35 bits per heavy atom. The van der Waals surface area contributed by atoms with Gasteiger partial charge in [0.05, 0.1) is 17.6 Å². The highest BCUT2D eigenvalue weighted by Crippen LogP contribution is 2.24. The van der Waals surface area contributed by atoms with Gasteiger partial charge in [-0.3, -0.25) is 9.29 Å². The molecular formula is C10H18N4O2S. The van der Waals surface area contributed by atoms with Crippen LogP contribution in [0.2, 0.25) is 0 Å². The third-order valence-electron chi connectivity index (χ3n) is 2.60. The van der Waals surface area contributed by atoms with Gasteiger partial charge in [-0.05, 0) is 19.9 Å². The highest BCUT2D eigenvalue weighted by Gasteiger charge is 2.26. The van der Waals surface area contributed by atoms with E-state index in [1.807, 2.05) is 0 Å². The molecular weight excluding hydrogens is 240 g/mol. The zero-order chi connectivity index (χ0) is 13.2. The van der Waals surface area contributed by atoms with Crippen molar-refractivity contribution in [2.24, 2.45) is 0 Å². The molecule has 0 radical (unpaired) electrons. The monoisotopic (exact) mass is 258 g/mol. The Labute approximate surface area is 102 Å². The first-order valence-electron chi connectivity index (χ1n) is 5.20. The van der Waals surface area contributed by atoms with Gasteiger partial charge in [0, 0.05) is 26.3 Å². The van der Waals surface area contributed by atoms with Crippen LogP contribution in [0.3, 0.4) is 0 Å². The topological polar surface area (TPSA) is 79.5 Å². The maximum Gasteiger partial charge on any atom is 0.303 e. The number of aromatic nitrogens is 1. The number of anilines is 2. The average molecular weight is 258 g/mol. The Kier molecular flexibility index (Phi) is 3.94. The van der Waals surface area contributed by atoms with Crippen LogP contribution >= 0.6 is 0 Å². The molecule has 0 fully saturated rings. The lowest BCUT2D eigenvalue weighted by atomic mass is 10.3. The summed E-state index contributed by atoms with van der Waals surface area (Å²) in [5.41, 5.74) is 6.46. The second kappa shape index (κ2) is 4.89. The molecule has 2 N–H and O–H groups in total. The summed E-state index contributed by atoms with van der Waals surface area (Å²) < 4.78 is 26.8. The van der Waals surface area contributed by atoms with E-state index in [-0.39, 0.29) is 6.04 Å². The number of nitrogen functional groups attached to an aromatic ring is 1. The van der Waals surface area contributed by atoms with Crippen molar-refractivity contribution in [3.8, 4) is 0 Å². The van der Waals surface area contributed by atoms with Gasteiger partial charge in [-0.15, -0.1) is 0 Å². The summed E-state index contributed by atoms with van der Waals surface area (Å²) in [5.74, 6) is 0. The summed E-state index contributed by atoms with van der Waals surface area (Å²) in [5, 5.41) is 0.